The average Bonchev–Trinajstić information content (AvgIpc) is 2.77. The van der Waals surface area contributed by atoms with Crippen LogP contribution in [0.5, 0.6) is 0 Å². The van der Waals surface area contributed by atoms with E-state index in [-0.39, 0.29) is 16.1 Å². The second kappa shape index (κ2) is 4.72. The summed E-state index contributed by atoms with van der Waals surface area (Å²) in [5.74, 6) is -1.02. The third kappa shape index (κ3) is 1.89. The molecule has 100 valence electrons. The van der Waals surface area contributed by atoms with Crippen molar-refractivity contribution in [2.45, 2.75) is 0 Å². The predicted octanol–water partition coefficient (Wildman–Crippen LogP) is 4.58. The fourth-order valence-electron chi connectivity index (χ4n) is 2.24. The van der Waals surface area contributed by atoms with Crippen LogP contribution in [0.4, 0.5) is 8.78 Å². The van der Waals surface area contributed by atoms with Crippen molar-refractivity contribution in [1.82, 2.24) is 4.98 Å². The Labute approximate surface area is 118 Å². The van der Waals surface area contributed by atoms with Crippen LogP contribution in [0.2, 0.25) is 5.02 Å². The van der Waals surface area contributed by atoms with Crippen LogP contribution in [-0.4, -0.2) is 11.3 Å². The van der Waals surface area contributed by atoms with Crippen LogP contribution in [0.15, 0.2) is 36.4 Å². The summed E-state index contributed by atoms with van der Waals surface area (Å²) in [4.78, 5) is 14.2. The highest BCUT2D eigenvalue weighted by atomic mass is 35.5. The number of aldehydes is 1. The minimum absolute atomic E-state index is 0.144. The van der Waals surface area contributed by atoms with Crippen molar-refractivity contribution in [1.29, 1.82) is 0 Å². The molecule has 2 nitrogen and oxygen atoms in total. The first-order valence-electron chi connectivity index (χ1n) is 5.82. The van der Waals surface area contributed by atoms with Gasteiger partial charge in [0.15, 0.2) is 6.29 Å². The minimum atomic E-state index is -0.551. The molecule has 0 amide bonds. The van der Waals surface area contributed by atoms with E-state index in [1.807, 2.05) is 0 Å². The van der Waals surface area contributed by atoms with Crippen LogP contribution in [0.1, 0.15) is 10.4 Å². The van der Waals surface area contributed by atoms with Gasteiger partial charge in [0.1, 0.15) is 11.6 Å². The number of nitrogens with one attached hydrogen (secondary N) is 1. The van der Waals surface area contributed by atoms with E-state index in [1.165, 1.54) is 18.2 Å². The number of H-pyrrole nitrogens is 1. The zero-order valence-electron chi connectivity index (χ0n) is 10.1. The molecule has 5 heteroatoms. The van der Waals surface area contributed by atoms with E-state index in [0.29, 0.717) is 22.9 Å². The van der Waals surface area contributed by atoms with Gasteiger partial charge < -0.3 is 4.98 Å². The van der Waals surface area contributed by atoms with Crippen molar-refractivity contribution in [3.63, 3.8) is 0 Å². The minimum Gasteiger partial charge on any atom is -0.353 e. The van der Waals surface area contributed by atoms with E-state index in [4.69, 9.17) is 11.6 Å². The van der Waals surface area contributed by atoms with Crippen LogP contribution >= 0.6 is 11.6 Å². The maximum atomic E-state index is 13.9. The highest BCUT2D eigenvalue weighted by Crippen LogP contribution is 2.34. The fraction of sp³-hybridized carbons (Fsp3) is 0. The van der Waals surface area contributed by atoms with Gasteiger partial charge in [-0.1, -0.05) is 23.7 Å². The first kappa shape index (κ1) is 12.8. The van der Waals surface area contributed by atoms with E-state index >= 15 is 0 Å². The Hall–Kier alpha value is -2.20. The van der Waals surface area contributed by atoms with Crippen molar-refractivity contribution in [2.24, 2.45) is 0 Å². The lowest BCUT2D eigenvalue weighted by Crippen LogP contribution is -1.88. The number of fused-ring (bicyclic) bond motifs is 1. The van der Waals surface area contributed by atoms with Gasteiger partial charge in [-0.05, 0) is 24.3 Å². The summed E-state index contributed by atoms with van der Waals surface area (Å²) in [6.07, 6.45) is 0.566. The Morgan fingerprint density at radius 2 is 1.90 bits per heavy atom. The summed E-state index contributed by atoms with van der Waals surface area (Å²) in [6, 6.07) is 8.37. The molecule has 2 aromatic carbocycles. The lowest BCUT2D eigenvalue weighted by Gasteiger charge is -2.01. The van der Waals surface area contributed by atoms with Crippen LogP contribution in [0.25, 0.3) is 22.2 Å². The Morgan fingerprint density at radius 3 is 2.60 bits per heavy atom. The predicted molar refractivity (Wildman–Crippen MR) is 74.0 cm³/mol. The monoisotopic (exact) mass is 291 g/mol. The van der Waals surface area contributed by atoms with Gasteiger partial charge in [0, 0.05) is 16.5 Å². The number of carbonyl (C=O) groups is 1. The lowest BCUT2D eigenvalue weighted by atomic mass is 10.1. The quantitative estimate of drug-likeness (QED) is 0.689. The molecule has 1 N–H and O–H groups in total. The highest BCUT2D eigenvalue weighted by molar-refractivity contribution is 6.35. The molecule has 3 rings (SSSR count). The topological polar surface area (TPSA) is 32.9 Å². The van der Waals surface area contributed by atoms with Gasteiger partial charge in [-0.2, -0.15) is 0 Å². The molecule has 0 spiro atoms. The van der Waals surface area contributed by atoms with Gasteiger partial charge in [-0.15, -0.1) is 0 Å². The molecule has 0 aliphatic rings. The molecule has 0 fully saturated rings. The van der Waals surface area contributed by atoms with Gasteiger partial charge >= 0.3 is 0 Å². The lowest BCUT2D eigenvalue weighted by molar-refractivity contribution is 0.112. The summed E-state index contributed by atoms with van der Waals surface area (Å²) in [7, 11) is 0. The van der Waals surface area contributed by atoms with Gasteiger partial charge in [0.05, 0.1) is 16.2 Å². The van der Waals surface area contributed by atoms with Crippen LogP contribution < -0.4 is 0 Å². The summed E-state index contributed by atoms with van der Waals surface area (Å²) in [6.45, 7) is 0. The molecular formula is C15H8ClF2NO. The maximum Gasteiger partial charge on any atom is 0.152 e. The van der Waals surface area contributed by atoms with E-state index in [0.717, 1.165) is 6.07 Å². The van der Waals surface area contributed by atoms with Crippen molar-refractivity contribution in [3.8, 4) is 11.3 Å². The Bertz CT molecular complexity index is 826. The molecule has 0 radical (unpaired) electrons. The largest absolute Gasteiger partial charge is 0.353 e. The SMILES string of the molecule is O=Cc1c(-c2ccccc2F)[nH]c2c(Cl)cc(F)cc12. The summed E-state index contributed by atoms with van der Waals surface area (Å²) in [5, 5.41) is 0.481. The van der Waals surface area contributed by atoms with Crippen molar-refractivity contribution in [2.75, 3.05) is 0 Å². The molecule has 1 heterocycles. The van der Waals surface area contributed by atoms with Crippen LogP contribution in [-0.2, 0) is 0 Å². The number of aromatic amines is 1. The fourth-order valence-corrected chi connectivity index (χ4v) is 2.49. The molecule has 0 atom stereocenters. The Balaban J connectivity index is 2.40. The number of aromatic nitrogens is 1. The summed E-state index contributed by atoms with van der Waals surface area (Å²) < 4.78 is 27.3. The molecule has 1 aromatic heterocycles. The standard InChI is InChI=1S/C15H8ClF2NO/c16-12-6-8(17)5-10-11(7-20)14(19-15(10)12)9-3-1-2-4-13(9)18/h1-7,19H. The number of rotatable bonds is 2. The van der Waals surface area contributed by atoms with E-state index < -0.39 is 11.6 Å². The average molecular weight is 292 g/mol. The number of halogens is 3. The molecule has 3 aromatic rings. The van der Waals surface area contributed by atoms with E-state index in [9.17, 15) is 13.6 Å². The number of carbonyl (C=O) groups excluding carboxylic acids is 1. The molecule has 0 unspecified atom stereocenters. The van der Waals surface area contributed by atoms with Gasteiger partial charge in [0.2, 0.25) is 0 Å². The molecule has 0 saturated carbocycles. The smallest absolute Gasteiger partial charge is 0.152 e. The Kier molecular flexibility index (Phi) is 3.03. The molecule has 0 bridgehead atoms. The summed E-state index contributed by atoms with van der Waals surface area (Å²) in [5.41, 5.74) is 1.13. The van der Waals surface area contributed by atoms with E-state index in [1.54, 1.807) is 12.1 Å². The zero-order chi connectivity index (χ0) is 14.3. The molecule has 0 aliphatic carbocycles. The van der Waals surface area contributed by atoms with Crippen LogP contribution in [0, 0.1) is 11.6 Å². The van der Waals surface area contributed by atoms with Gasteiger partial charge in [-0.25, -0.2) is 8.78 Å². The third-order valence-electron chi connectivity index (χ3n) is 3.13. The first-order chi connectivity index (χ1) is 9.61. The second-order valence-corrected chi connectivity index (χ2v) is 4.73. The van der Waals surface area contributed by atoms with Crippen LogP contribution in [0.3, 0.4) is 0 Å². The molecular weight excluding hydrogens is 284 g/mol. The summed E-state index contributed by atoms with van der Waals surface area (Å²) >= 11 is 5.95. The molecule has 20 heavy (non-hydrogen) atoms. The maximum absolute atomic E-state index is 13.9. The van der Waals surface area contributed by atoms with Crippen molar-refractivity contribution in [3.05, 3.63) is 58.6 Å². The number of benzene rings is 2. The zero-order valence-corrected chi connectivity index (χ0v) is 10.8. The Morgan fingerprint density at radius 1 is 1.15 bits per heavy atom. The first-order valence-corrected chi connectivity index (χ1v) is 6.20. The second-order valence-electron chi connectivity index (χ2n) is 4.32. The van der Waals surface area contributed by atoms with E-state index in [2.05, 4.69) is 4.98 Å². The molecule has 0 aliphatic heterocycles. The molecule has 0 saturated heterocycles. The number of hydrogen-bond donors (Lipinski definition) is 1. The van der Waals surface area contributed by atoms with Crippen molar-refractivity contribution < 1.29 is 13.6 Å². The number of hydrogen-bond acceptors (Lipinski definition) is 1. The van der Waals surface area contributed by atoms with Gasteiger partial charge in [-0.3, -0.25) is 4.79 Å². The normalized spacial score (nSPS) is 10.9. The third-order valence-corrected chi connectivity index (χ3v) is 3.42. The van der Waals surface area contributed by atoms with Crippen molar-refractivity contribution >= 4 is 28.8 Å². The highest BCUT2D eigenvalue weighted by Gasteiger charge is 2.17. The van der Waals surface area contributed by atoms with Gasteiger partial charge in [0.25, 0.3) is 0 Å².